The predicted octanol–water partition coefficient (Wildman–Crippen LogP) is 2.88. The van der Waals surface area contributed by atoms with Crippen molar-refractivity contribution in [1.82, 2.24) is 5.32 Å². The Balaban J connectivity index is 1.78. The lowest BCUT2D eigenvalue weighted by atomic mass is 10.1. The smallest absolute Gasteiger partial charge is 0.257 e. The molecule has 124 valence electrons. The lowest BCUT2D eigenvalue weighted by Crippen LogP contribution is -2.35. The molecule has 0 aliphatic carbocycles. The summed E-state index contributed by atoms with van der Waals surface area (Å²) in [5, 5.41) is 4.94. The molecule has 23 heavy (non-hydrogen) atoms. The van der Waals surface area contributed by atoms with Crippen LogP contribution in [-0.4, -0.2) is 33.8 Å². The van der Waals surface area contributed by atoms with Crippen molar-refractivity contribution >= 4 is 27.5 Å². The Morgan fingerprint density at radius 3 is 2.52 bits per heavy atom. The van der Waals surface area contributed by atoms with Gasteiger partial charge in [-0.1, -0.05) is 30.3 Å². The van der Waals surface area contributed by atoms with Gasteiger partial charge in [0.1, 0.15) is 5.75 Å². The van der Waals surface area contributed by atoms with E-state index in [0.29, 0.717) is 18.0 Å². The van der Waals surface area contributed by atoms with Gasteiger partial charge in [-0.05, 0) is 43.7 Å². The normalized spacial score (nSPS) is 12.8. The first-order valence-electron chi connectivity index (χ1n) is 7.63. The lowest BCUT2D eigenvalue weighted by molar-refractivity contribution is -0.122. The van der Waals surface area contributed by atoms with Gasteiger partial charge in [0.25, 0.3) is 5.91 Å². The van der Waals surface area contributed by atoms with Crippen molar-refractivity contribution in [1.29, 1.82) is 0 Å². The zero-order valence-corrected chi connectivity index (χ0v) is 14.6. The van der Waals surface area contributed by atoms with Crippen LogP contribution in [0.3, 0.4) is 0 Å². The number of carbonyl (C=O) groups excluding carboxylic acids is 1. The summed E-state index contributed by atoms with van der Waals surface area (Å²) < 4.78 is 17.1. The quantitative estimate of drug-likeness (QED) is 0.884. The van der Waals surface area contributed by atoms with E-state index >= 15 is 0 Å². The molecule has 2 rings (SSSR count). The average molecular weight is 333 g/mol. The second-order valence-electron chi connectivity index (χ2n) is 6.31. The van der Waals surface area contributed by atoms with E-state index in [1.54, 1.807) is 0 Å². The van der Waals surface area contributed by atoms with Crippen LogP contribution < -0.4 is 10.1 Å². The van der Waals surface area contributed by atoms with Crippen molar-refractivity contribution in [2.75, 3.05) is 18.9 Å². The van der Waals surface area contributed by atoms with Gasteiger partial charge in [0.05, 0.1) is 0 Å². The van der Waals surface area contributed by atoms with Crippen molar-refractivity contribution in [2.24, 2.45) is 0 Å². The molecule has 0 unspecified atom stereocenters. The molecule has 1 amide bonds. The topological polar surface area (TPSA) is 55.4 Å². The van der Waals surface area contributed by atoms with Gasteiger partial charge in [-0.15, -0.1) is 0 Å². The minimum Gasteiger partial charge on any atom is -0.484 e. The van der Waals surface area contributed by atoms with Crippen molar-refractivity contribution in [2.45, 2.75) is 25.5 Å². The van der Waals surface area contributed by atoms with Crippen LogP contribution in [0.2, 0.25) is 0 Å². The molecule has 0 saturated heterocycles. The van der Waals surface area contributed by atoms with Crippen molar-refractivity contribution in [3.63, 3.8) is 0 Å². The Labute approximate surface area is 139 Å². The summed E-state index contributed by atoms with van der Waals surface area (Å²) in [5.41, 5.74) is 0. The van der Waals surface area contributed by atoms with E-state index in [2.05, 4.69) is 5.32 Å². The van der Waals surface area contributed by atoms with Crippen LogP contribution >= 0.6 is 0 Å². The fourth-order valence-corrected chi connectivity index (χ4v) is 2.95. The summed E-state index contributed by atoms with van der Waals surface area (Å²) in [6.07, 6.45) is 0. The third-order valence-electron chi connectivity index (χ3n) is 3.38. The fraction of sp³-hybridized carbons (Fsp3) is 0.389. The van der Waals surface area contributed by atoms with Gasteiger partial charge < -0.3 is 10.1 Å². The van der Waals surface area contributed by atoms with Crippen LogP contribution in [0.25, 0.3) is 10.8 Å². The van der Waals surface area contributed by atoms with Crippen LogP contribution in [0.1, 0.15) is 20.8 Å². The molecular weight excluding hydrogens is 310 g/mol. The molecular formula is C18H23NO3S. The molecule has 0 radical (unpaired) electrons. The highest BCUT2D eigenvalue weighted by Crippen LogP contribution is 2.20. The van der Waals surface area contributed by atoms with Crippen molar-refractivity contribution in [3.8, 4) is 5.75 Å². The van der Waals surface area contributed by atoms with Gasteiger partial charge >= 0.3 is 0 Å². The van der Waals surface area contributed by atoms with Gasteiger partial charge in [-0.2, -0.15) is 0 Å². The SMILES string of the molecule is CC(C)(C)[S@](=O)CCNC(=O)COc1ccc2ccccc2c1. The van der Waals surface area contributed by atoms with Gasteiger partial charge in [0.2, 0.25) is 0 Å². The third kappa shape index (κ3) is 5.36. The standard InChI is InChI=1S/C18H23NO3S/c1-18(2,3)23(21)11-10-19-17(20)13-22-16-9-8-14-6-4-5-7-15(14)12-16/h4-9,12H,10-11,13H2,1-3H3,(H,19,20)/t23-/m1/s1. The maximum Gasteiger partial charge on any atom is 0.257 e. The Hall–Kier alpha value is -1.88. The molecule has 0 fully saturated rings. The van der Waals surface area contributed by atoms with E-state index in [4.69, 9.17) is 4.74 Å². The number of benzene rings is 2. The molecule has 0 bridgehead atoms. The summed E-state index contributed by atoms with van der Waals surface area (Å²) in [6.45, 7) is 6.12. The second-order valence-corrected chi connectivity index (χ2v) is 8.63. The number of hydrogen-bond acceptors (Lipinski definition) is 3. The third-order valence-corrected chi connectivity index (χ3v) is 5.32. The second kappa shape index (κ2) is 7.59. The first kappa shape index (κ1) is 17.5. The monoisotopic (exact) mass is 333 g/mol. The van der Waals surface area contributed by atoms with Crippen LogP contribution in [0.4, 0.5) is 0 Å². The number of amides is 1. The average Bonchev–Trinajstić information content (AvgIpc) is 2.51. The summed E-state index contributed by atoms with van der Waals surface area (Å²) >= 11 is 0. The molecule has 0 heterocycles. The minimum absolute atomic E-state index is 0.0412. The molecule has 0 saturated carbocycles. The number of nitrogens with one attached hydrogen (secondary N) is 1. The lowest BCUT2D eigenvalue weighted by Gasteiger charge is -2.17. The fourth-order valence-electron chi connectivity index (χ4n) is 2.05. The molecule has 0 aromatic heterocycles. The number of ether oxygens (including phenoxy) is 1. The van der Waals surface area contributed by atoms with Crippen LogP contribution in [0.5, 0.6) is 5.75 Å². The molecule has 0 spiro atoms. The maximum absolute atomic E-state index is 11.9. The van der Waals surface area contributed by atoms with E-state index in [1.807, 2.05) is 63.2 Å². The summed E-state index contributed by atoms with van der Waals surface area (Å²) in [7, 11) is -0.965. The van der Waals surface area contributed by atoms with Crippen molar-refractivity contribution < 1.29 is 13.7 Å². The first-order chi connectivity index (χ1) is 10.9. The van der Waals surface area contributed by atoms with Gasteiger partial charge in [0.15, 0.2) is 6.61 Å². The number of fused-ring (bicyclic) bond motifs is 1. The van der Waals surface area contributed by atoms with Crippen LogP contribution in [-0.2, 0) is 15.6 Å². The Morgan fingerprint density at radius 2 is 1.83 bits per heavy atom. The molecule has 4 nitrogen and oxygen atoms in total. The van der Waals surface area contributed by atoms with Gasteiger partial charge in [0, 0.05) is 27.8 Å². The highest BCUT2D eigenvalue weighted by Gasteiger charge is 2.18. The van der Waals surface area contributed by atoms with E-state index < -0.39 is 10.8 Å². The number of hydrogen-bond donors (Lipinski definition) is 1. The zero-order chi connectivity index (χ0) is 16.9. The maximum atomic E-state index is 11.9. The summed E-state index contributed by atoms with van der Waals surface area (Å²) in [4.78, 5) is 11.8. The Bertz CT molecular complexity index is 707. The molecule has 2 aromatic carbocycles. The molecule has 2 aromatic rings. The van der Waals surface area contributed by atoms with Gasteiger partial charge in [-0.25, -0.2) is 0 Å². The largest absolute Gasteiger partial charge is 0.484 e. The molecule has 1 atom stereocenters. The number of carbonyl (C=O) groups is 1. The molecule has 0 aliphatic rings. The molecule has 0 aliphatic heterocycles. The van der Waals surface area contributed by atoms with Gasteiger partial charge in [-0.3, -0.25) is 9.00 Å². The van der Waals surface area contributed by atoms with E-state index in [1.165, 1.54) is 0 Å². The Kier molecular flexibility index (Phi) is 5.77. The Morgan fingerprint density at radius 1 is 1.13 bits per heavy atom. The van der Waals surface area contributed by atoms with E-state index in [9.17, 15) is 9.00 Å². The highest BCUT2D eigenvalue weighted by atomic mass is 32.2. The van der Waals surface area contributed by atoms with E-state index in [-0.39, 0.29) is 17.3 Å². The molecule has 1 N–H and O–H groups in total. The molecule has 5 heteroatoms. The zero-order valence-electron chi connectivity index (χ0n) is 13.8. The first-order valence-corrected chi connectivity index (χ1v) is 8.95. The van der Waals surface area contributed by atoms with Crippen LogP contribution in [0.15, 0.2) is 42.5 Å². The number of rotatable bonds is 6. The van der Waals surface area contributed by atoms with Crippen molar-refractivity contribution in [3.05, 3.63) is 42.5 Å². The van der Waals surface area contributed by atoms with E-state index in [0.717, 1.165) is 10.8 Å². The summed E-state index contributed by atoms with van der Waals surface area (Å²) in [5.74, 6) is 0.909. The highest BCUT2D eigenvalue weighted by molar-refractivity contribution is 7.86. The minimum atomic E-state index is -0.965. The predicted molar refractivity (Wildman–Crippen MR) is 95.2 cm³/mol. The van der Waals surface area contributed by atoms with Crippen LogP contribution in [0, 0.1) is 0 Å². The summed E-state index contributed by atoms with van der Waals surface area (Å²) in [6, 6.07) is 13.7.